The van der Waals surface area contributed by atoms with Gasteiger partial charge in [-0.3, -0.25) is 4.90 Å². The van der Waals surface area contributed by atoms with Crippen LogP contribution in [0.5, 0.6) is 5.75 Å². The van der Waals surface area contributed by atoms with Gasteiger partial charge in [0.2, 0.25) is 0 Å². The lowest BCUT2D eigenvalue weighted by atomic mass is 9.79. The van der Waals surface area contributed by atoms with Crippen LogP contribution in [-0.2, 0) is 6.54 Å². The Morgan fingerprint density at radius 2 is 2.05 bits per heavy atom. The van der Waals surface area contributed by atoms with Crippen LogP contribution in [0.4, 0.5) is 8.78 Å². The first-order valence-corrected chi connectivity index (χ1v) is 7.57. The molecule has 0 unspecified atom stereocenters. The molecule has 2 aliphatic rings. The second-order valence-corrected chi connectivity index (χ2v) is 6.33. The predicted molar refractivity (Wildman–Crippen MR) is 77.3 cm³/mol. The quantitative estimate of drug-likeness (QED) is 0.928. The Hall–Kier alpha value is -1.20. The molecule has 21 heavy (non-hydrogen) atoms. The number of hydrogen-bond donors (Lipinski definition) is 1. The number of ether oxygens (including phenoxy) is 1. The Bertz CT molecular complexity index is 492. The number of benzene rings is 1. The fourth-order valence-electron chi connectivity index (χ4n) is 3.75. The zero-order valence-corrected chi connectivity index (χ0v) is 12.4. The molecule has 0 radical (unpaired) electrons. The van der Waals surface area contributed by atoms with Crippen molar-refractivity contribution in [2.75, 3.05) is 33.3 Å². The molecule has 0 saturated carbocycles. The van der Waals surface area contributed by atoms with Gasteiger partial charge in [0.1, 0.15) is 0 Å². The molecule has 2 saturated heterocycles. The minimum absolute atomic E-state index is 0.297. The average Bonchev–Trinajstić information content (AvgIpc) is 2.86. The molecular weight excluding hydrogens is 274 g/mol. The summed E-state index contributed by atoms with van der Waals surface area (Å²) in [5, 5.41) is 3.44. The Labute approximate surface area is 124 Å². The number of piperidine rings is 1. The normalized spacial score (nSPS) is 26.4. The topological polar surface area (TPSA) is 24.5 Å². The van der Waals surface area contributed by atoms with Gasteiger partial charge in [-0.15, -0.1) is 0 Å². The molecule has 116 valence electrons. The maximum atomic E-state index is 13.8. The number of hydrogen-bond acceptors (Lipinski definition) is 3. The fourth-order valence-corrected chi connectivity index (χ4v) is 3.75. The molecule has 0 bridgehead atoms. The van der Waals surface area contributed by atoms with E-state index in [-0.39, 0.29) is 5.75 Å². The maximum Gasteiger partial charge on any atom is 0.190 e. The molecule has 0 amide bonds. The largest absolute Gasteiger partial charge is 0.491 e. The van der Waals surface area contributed by atoms with Gasteiger partial charge in [-0.05, 0) is 55.5 Å². The van der Waals surface area contributed by atoms with Crippen LogP contribution in [0, 0.1) is 17.0 Å². The number of rotatable bonds is 3. The van der Waals surface area contributed by atoms with Gasteiger partial charge in [0, 0.05) is 19.6 Å². The van der Waals surface area contributed by atoms with Crippen LogP contribution in [-0.4, -0.2) is 38.2 Å². The van der Waals surface area contributed by atoms with Crippen molar-refractivity contribution in [1.82, 2.24) is 10.2 Å². The molecule has 0 aromatic heterocycles. The zero-order chi connectivity index (χ0) is 14.9. The third kappa shape index (κ3) is 3.04. The van der Waals surface area contributed by atoms with Gasteiger partial charge in [0.05, 0.1) is 7.11 Å². The van der Waals surface area contributed by atoms with Gasteiger partial charge in [0.25, 0.3) is 0 Å². The Morgan fingerprint density at radius 1 is 1.29 bits per heavy atom. The zero-order valence-electron chi connectivity index (χ0n) is 12.4. The minimum Gasteiger partial charge on any atom is -0.491 e. The van der Waals surface area contributed by atoms with Crippen LogP contribution in [0.1, 0.15) is 24.8 Å². The van der Waals surface area contributed by atoms with Crippen LogP contribution < -0.4 is 10.1 Å². The number of likely N-dealkylation sites (tertiary alicyclic amines) is 1. The van der Waals surface area contributed by atoms with Gasteiger partial charge in [-0.1, -0.05) is 0 Å². The van der Waals surface area contributed by atoms with Gasteiger partial charge in [-0.25, -0.2) is 8.78 Å². The molecule has 5 heteroatoms. The van der Waals surface area contributed by atoms with E-state index in [0.29, 0.717) is 17.5 Å². The highest BCUT2D eigenvalue weighted by Crippen LogP contribution is 2.36. The molecule has 3 rings (SSSR count). The third-order valence-electron chi connectivity index (χ3n) is 4.74. The number of nitrogens with zero attached hydrogens (tertiary/aromatic N) is 1. The van der Waals surface area contributed by atoms with E-state index < -0.39 is 11.6 Å². The molecule has 0 aliphatic carbocycles. The van der Waals surface area contributed by atoms with Gasteiger partial charge >= 0.3 is 0 Å². The summed E-state index contributed by atoms with van der Waals surface area (Å²) in [6, 6.07) is 2.77. The molecule has 1 N–H and O–H groups in total. The fraction of sp³-hybridized carbons (Fsp3) is 0.625. The summed E-state index contributed by atoms with van der Waals surface area (Å²) in [5.74, 6) is -1.54. The summed E-state index contributed by atoms with van der Waals surface area (Å²) in [7, 11) is 1.28. The molecule has 3 nitrogen and oxygen atoms in total. The summed E-state index contributed by atoms with van der Waals surface area (Å²) in [6.07, 6.45) is 3.61. The second kappa shape index (κ2) is 5.89. The van der Waals surface area contributed by atoms with Gasteiger partial charge in [0.15, 0.2) is 17.4 Å². The standard InChI is InChI=1S/C16H22F2N2O/c1-21-15-13(17)7-12(8-14(15)18)9-20-6-2-3-16(11-20)4-5-19-10-16/h7-8,19H,2-6,9-11H2,1H3/t16-/m0/s1. The van der Waals surface area contributed by atoms with Crippen LogP contribution in [0.25, 0.3) is 0 Å². The molecule has 1 atom stereocenters. The first-order valence-electron chi connectivity index (χ1n) is 7.57. The van der Waals surface area contributed by atoms with Crippen molar-refractivity contribution < 1.29 is 13.5 Å². The lowest BCUT2D eigenvalue weighted by Gasteiger charge is -2.40. The Morgan fingerprint density at radius 3 is 2.67 bits per heavy atom. The van der Waals surface area contributed by atoms with Crippen molar-refractivity contribution in [3.05, 3.63) is 29.3 Å². The highest BCUT2D eigenvalue weighted by Gasteiger charge is 2.37. The van der Waals surface area contributed by atoms with Crippen molar-refractivity contribution in [3.8, 4) is 5.75 Å². The highest BCUT2D eigenvalue weighted by molar-refractivity contribution is 5.31. The van der Waals surface area contributed by atoms with Crippen LogP contribution in [0.3, 0.4) is 0 Å². The van der Waals surface area contributed by atoms with E-state index in [2.05, 4.69) is 10.2 Å². The molecule has 1 aromatic carbocycles. The van der Waals surface area contributed by atoms with Crippen LogP contribution >= 0.6 is 0 Å². The maximum absolute atomic E-state index is 13.8. The minimum atomic E-state index is -0.623. The summed E-state index contributed by atoms with van der Waals surface area (Å²) in [5.41, 5.74) is 1.04. The van der Waals surface area contributed by atoms with Crippen molar-refractivity contribution in [1.29, 1.82) is 0 Å². The monoisotopic (exact) mass is 296 g/mol. The van der Waals surface area contributed by atoms with E-state index >= 15 is 0 Å². The van der Waals surface area contributed by atoms with E-state index in [1.807, 2.05) is 0 Å². The first-order chi connectivity index (χ1) is 10.1. The molecular formula is C16H22F2N2O. The number of halogens is 2. The van der Waals surface area contributed by atoms with Crippen LogP contribution in [0.2, 0.25) is 0 Å². The van der Waals surface area contributed by atoms with Crippen molar-refractivity contribution in [3.63, 3.8) is 0 Å². The van der Waals surface area contributed by atoms with Crippen molar-refractivity contribution in [2.24, 2.45) is 5.41 Å². The van der Waals surface area contributed by atoms with E-state index in [0.717, 1.165) is 32.6 Å². The molecule has 2 heterocycles. The summed E-state index contributed by atoms with van der Waals surface area (Å²) >= 11 is 0. The van der Waals surface area contributed by atoms with E-state index in [1.54, 1.807) is 0 Å². The Kier molecular flexibility index (Phi) is 4.13. The second-order valence-electron chi connectivity index (χ2n) is 6.33. The summed E-state index contributed by atoms with van der Waals surface area (Å²) in [4.78, 5) is 2.32. The van der Waals surface area contributed by atoms with Gasteiger partial charge in [-0.2, -0.15) is 0 Å². The average molecular weight is 296 g/mol. The lowest BCUT2D eigenvalue weighted by molar-refractivity contribution is 0.0976. The number of methoxy groups -OCH3 is 1. The molecule has 1 aromatic rings. The third-order valence-corrected chi connectivity index (χ3v) is 4.74. The SMILES string of the molecule is COc1c(F)cc(CN2CCC[C@@]3(CCNC3)C2)cc1F. The van der Waals surface area contributed by atoms with Crippen LogP contribution in [0.15, 0.2) is 12.1 Å². The number of nitrogens with one attached hydrogen (secondary N) is 1. The molecule has 2 aliphatic heterocycles. The van der Waals surface area contributed by atoms with Crippen molar-refractivity contribution in [2.45, 2.75) is 25.8 Å². The molecule has 2 fully saturated rings. The van der Waals surface area contributed by atoms with E-state index in [4.69, 9.17) is 4.74 Å². The lowest BCUT2D eigenvalue weighted by Crippen LogP contribution is -2.44. The highest BCUT2D eigenvalue weighted by atomic mass is 19.1. The predicted octanol–water partition coefficient (Wildman–Crippen LogP) is 2.55. The Balaban J connectivity index is 1.71. The van der Waals surface area contributed by atoms with E-state index in [1.165, 1.54) is 32.1 Å². The smallest absolute Gasteiger partial charge is 0.190 e. The summed E-state index contributed by atoms with van der Waals surface area (Å²) < 4.78 is 32.3. The van der Waals surface area contributed by atoms with E-state index in [9.17, 15) is 8.78 Å². The summed E-state index contributed by atoms with van der Waals surface area (Å²) in [6.45, 7) is 4.75. The van der Waals surface area contributed by atoms with Gasteiger partial charge < -0.3 is 10.1 Å². The van der Waals surface area contributed by atoms with Crippen molar-refractivity contribution >= 4 is 0 Å². The first kappa shape index (κ1) is 14.7. The molecule has 1 spiro atoms.